The Morgan fingerprint density at radius 2 is 2.06 bits per heavy atom. The second-order valence-corrected chi connectivity index (χ2v) is 5.42. The molecule has 0 aromatic heterocycles. The molecule has 0 bridgehead atoms. The second kappa shape index (κ2) is 6.09. The molecule has 3 N–H and O–H groups in total. The van der Waals surface area contributed by atoms with Crippen LogP contribution in [0.2, 0.25) is 0 Å². The average Bonchev–Trinajstić information content (AvgIpc) is 2.28. The quantitative estimate of drug-likeness (QED) is 0.808. The van der Waals surface area contributed by atoms with Crippen LogP contribution < -0.4 is 10.5 Å². The zero-order valence-electron chi connectivity index (χ0n) is 9.69. The van der Waals surface area contributed by atoms with Crippen molar-refractivity contribution < 1.29 is 12.8 Å². The summed E-state index contributed by atoms with van der Waals surface area (Å²) in [7, 11) is -3.81. The van der Waals surface area contributed by atoms with Crippen LogP contribution in [0.4, 0.5) is 4.39 Å². The zero-order chi connectivity index (χ0) is 12.9. The first kappa shape index (κ1) is 14.1. The second-order valence-electron chi connectivity index (χ2n) is 3.73. The lowest BCUT2D eigenvalue weighted by Crippen LogP contribution is -2.36. The van der Waals surface area contributed by atoms with Crippen LogP contribution in [0.25, 0.3) is 0 Å². The third kappa shape index (κ3) is 3.76. The fourth-order valence-corrected chi connectivity index (χ4v) is 2.93. The van der Waals surface area contributed by atoms with Gasteiger partial charge in [0.1, 0.15) is 10.7 Å². The molecule has 6 heteroatoms. The SMILES string of the molecule is CCC(CCN)NS(=O)(=O)c1ccccc1F. The zero-order valence-corrected chi connectivity index (χ0v) is 10.5. The highest BCUT2D eigenvalue weighted by Gasteiger charge is 2.21. The average molecular weight is 260 g/mol. The molecule has 1 rings (SSSR count). The monoisotopic (exact) mass is 260 g/mol. The van der Waals surface area contributed by atoms with E-state index in [2.05, 4.69) is 4.72 Å². The van der Waals surface area contributed by atoms with Crippen molar-refractivity contribution in [2.45, 2.75) is 30.7 Å². The number of hydrogen-bond donors (Lipinski definition) is 2. The van der Waals surface area contributed by atoms with Gasteiger partial charge in [0, 0.05) is 6.04 Å². The molecular weight excluding hydrogens is 243 g/mol. The van der Waals surface area contributed by atoms with Crippen molar-refractivity contribution in [3.63, 3.8) is 0 Å². The summed E-state index contributed by atoms with van der Waals surface area (Å²) in [6, 6.07) is 5.04. The van der Waals surface area contributed by atoms with Crippen molar-refractivity contribution in [1.82, 2.24) is 4.72 Å². The van der Waals surface area contributed by atoms with Gasteiger partial charge < -0.3 is 5.73 Å². The molecule has 0 aliphatic heterocycles. The van der Waals surface area contributed by atoms with Gasteiger partial charge in [0.15, 0.2) is 0 Å². The summed E-state index contributed by atoms with van der Waals surface area (Å²) < 4.78 is 39.6. The molecule has 0 saturated carbocycles. The van der Waals surface area contributed by atoms with Gasteiger partial charge >= 0.3 is 0 Å². The summed E-state index contributed by atoms with van der Waals surface area (Å²) in [5.74, 6) is -0.748. The Hall–Kier alpha value is -0.980. The van der Waals surface area contributed by atoms with Crippen LogP contribution in [0.15, 0.2) is 29.2 Å². The minimum atomic E-state index is -3.81. The molecule has 4 nitrogen and oxygen atoms in total. The standard InChI is InChI=1S/C11H17FN2O2S/c1-2-9(7-8-13)14-17(15,16)11-6-4-3-5-10(11)12/h3-6,9,14H,2,7-8,13H2,1H3. The van der Waals surface area contributed by atoms with E-state index in [4.69, 9.17) is 5.73 Å². The van der Waals surface area contributed by atoms with Gasteiger partial charge in [0.05, 0.1) is 0 Å². The predicted octanol–water partition coefficient (Wildman–Crippen LogP) is 1.23. The molecule has 1 aromatic carbocycles. The molecule has 1 unspecified atom stereocenters. The Balaban J connectivity index is 2.92. The van der Waals surface area contributed by atoms with E-state index < -0.39 is 15.8 Å². The van der Waals surface area contributed by atoms with Gasteiger partial charge in [-0.15, -0.1) is 0 Å². The van der Waals surface area contributed by atoms with Crippen molar-refractivity contribution in [2.75, 3.05) is 6.54 Å². The van der Waals surface area contributed by atoms with Crippen molar-refractivity contribution in [2.24, 2.45) is 5.73 Å². The van der Waals surface area contributed by atoms with Crippen LogP contribution in [-0.2, 0) is 10.0 Å². The van der Waals surface area contributed by atoms with Gasteiger partial charge in [-0.1, -0.05) is 19.1 Å². The Kier molecular flexibility index (Phi) is 5.04. The van der Waals surface area contributed by atoms with Gasteiger partial charge in [-0.3, -0.25) is 0 Å². The summed E-state index contributed by atoms with van der Waals surface area (Å²) in [6.07, 6.45) is 1.15. The largest absolute Gasteiger partial charge is 0.330 e. The molecule has 1 aromatic rings. The lowest BCUT2D eigenvalue weighted by Gasteiger charge is -2.16. The van der Waals surface area contributed by atoms with Crippen LogP contribution >= 0.6 is 0 Å². The number of rotatable bonds is 6. The van der Waals surface area contributed by atoms with Crippen LogP contribution in [0, 0.1) is 5.82 Å². The van der Waals surface area contributed by atoms with Gasteiger partial charge in [-0.05, 0) is 31.5 Å². The Morgan fingerprint density at radius 3 is 2.59 bits per heavy atom. The van der Waals surface area contributed by atoms with Crippen LogP contribution in [0.1, 0.15) is 19.8 Å². The fourth-order valence-electron chi connectivity index (χ4n) is 1.49. The van der Waals surface area contributed by atoms with Gasteiger partial charge in [0.2, 0.25) is 10.0 Å². The number of benzene rings is 1. The summed E-state index contributed by atoms with van der Waals surface area (Å²) in [5, 5.41) is 0. The van der Waals surface area contributed by atoms with E-state index in [1.807, 2.05) is 6.92 Å². The molecule has 0 saturated heterocycles. The van der Waals surface area contributed by atoms with E-state index >= 15 is 0 Å². The molecule has 0 aliphatic rings. The topological polar surface area (TPSA) is 72.2 Å². The molecule has 0 fully saturated rings. The van der Waals surface area contributed by atoms with E-state index in [9.17, 15) is 12.8 Å². The normalized spacial score (nSPS) is 13.6. The molecule has 96 valence electrons. The first-order chi connectivity index (χ1) is 8.01. The smallest absolute Gasteiger partial charge is 0.243 e. The number of sulfonamides is 1. The summed E-state index contributed by atoms with van der Waals surface area (Å²) >= 11 is 0. The Bertz CT molecular complexity index is 462. The highest BCUT2D eigenvalue weighted by Crippen LogP contribution is 2.14. The summed E-state index contributed by atoms with van der Waals surface area (Å²) in [4.78, 5) is -0.324. The third-order valence-corrected chi connectivity index (χ3v) is 4.01. The molecule has 0 spiro atoms. The van der Waals surface area contributed by atoms with Crippen LogP contribution in [0.5, 0.6) is 0 Å². The molecule has 0 heterocycles. The number of halogens is 1. The number of nitrogens with one attached hydrogen (secondary N) is 1. The van der Waals surface area contributed by atoms with Crippen molar-refractivity contribution >= 4 is 10.0 Å². The maximum atomic E-state index is 13.4. The van der Waals surface area contributed by atoms with E-state index in [1.165, 1.54) is 18.2 Å². The molecule has 17 heavy (non-hydrogen) atoms. The van der Waals surface area contributed by atoms with Crippen molar-refractivity contribution in [3.8, 4) is 0 Å². The highest BCUT2D eigenvalue weighted by atomic mass is 32.2. The predicted molar refractivity (Wildman–Crippen MR) is 64.5 cm³/mol. The summed E-state index contributed by atoms with van der Waals surface area (Å²) in [6.45, 7) is 2.24. The minimum absolute atomic E-state index is 0.260. The van der Waals surface area contributed by atoms with Crippen molar-refractivity contribution in [3.05, 3.63) is 30.1 Å². The first-order valence-electron chi connectivity index (χ1n) is 5.48. The van der Waals surface area contributed by atoms with E-state index in [1.54, 1.807) is 0 Å². The maximum absolute atomic E-state index is 13.4. The highest BCUT2D eigenvalue weighted by molar-refractivity contribution is 7.89. The van der Waals surface area contributed by atoms with Crippen LogP contribution in [-0.4, -0.2) is 21.0 Å². The number of hydrogen-bond acceptors (Lipinski definition) is 3. The molecule has 1 atom stereocenters. The lowest BCUT2D eigenvalue weighted by molar-refractivity contribution is 0.513. The molecule has 0 radical (unpaired) electrons. The van der Waals surface area contributed by atoms with Gasteiger partial charge in [0.25, 0.3) is 0 Å². The van der Waals surface area contributed by atoms with E-state index in [-0.39, 0.29) is 10.9 Å². The van der Waals surface area contributed by atoms with Gasteiger partial charge in [-0.2, -0.15) is 0 Å². The first-order valence-corrected chi connectivity index (χ1v) is 6.96. The molecular formula is C11H17FN2O2S. The van der Waals surface area contributed by atoms with E-state index in [0.717, 1.165) is 6.07 Å². The van der Waals surface area contributed by atoms with Gasteiger partial charge in [-0.25, -0.2) is 17.5 Å². The minimum Gasteiger partial charge on any atom is -0.330 e. The molecule has 0 amide bonds. The van der Waals surface area contributed by atoms with Crippen molar-refractivity contribution in [1.29, 1.82) is 0 Å². The van der Waals surface area contributed by atoms with Crippen LogP contribution in [0.3, 0.4) is 0 Å². The number of nitrogens with two attached hydrogens (primary N) is 1. The Labute approximate surface area is 101 Å². The third-order valence-electron chi connectivity index (χ3n) is 2.46. The molecule has 0 aliphatic carbocycles. The lowest BCUT2D eigenvalue weighted by atomic mass is 10.2. The fraction of sp³-hybridized carbons (Fsp3) is 0.455. The van der Waals surface area contributed by atoms with E-state index in [0.29, 0.717) is 19.4 Å². The Morgan fingerprint density at radius 1 is 1.41 bits per heavy atom. The summed E-state index contributed by atoms with van der Waals surface area (Å²) in [5.41, 5.74) is 5.38. The maximum Gasteiger partial charge on any atom is 0.243 e.